The summed E-state index contributed by atoms with van der Waals surface area (Å²) in [5, 5.41) is 12.2. The third-order valence-corrected chi connectivity index (χ3v) is 4.44. The summed E-state index contributed by atoms with van der Waals surface area (Å²) in [6.45, 7) is 9.97. The van der Waals surface area contributed by atoms with E-state index in [2.05, 4.69) is 25.2 Å². The molecule has 1 aliphatic carbocycles. The molecule has 0 spiro atoms. The van der Waals surface area contributed by atoms with Gasteiger partial charge in [0.25, 0.3) is 0 Å². The molecule has 0 bridgehead atoms. The molecule has 1 aliphatic rings. The first kappa shape index (κ1) is 17.7. The highest BCUT2D eigenvalue weighted by Crippen LogP contribution is 2.34. The van der Waals surface area contributed by atoms with Crippen molar-refractivity contribution in [2.75, 3.05) is 6.54 Å². The van der Waals surface area contributed by atoms with Gasteiger partial charge in [-0.25, -0.2) is 0 Å². The third kappa shape index (κ3) is 5.18. The lowest BCUT2D eigenvalue weighted by atomic mass is 9.75. The lowest BCUT2D eigenvalue weighted by Gasteiger charge is -2.31. The molecule has 2 N–H and O–H groups in total. The summed E-state index contributed by atoms with van der Waals surface area (Å²) in [6, 6.07) is 0. The van der Waals surface area contributed by atoms with E-state index in [1.54, 1.807) is 0 Å². The Balaban J connectivity index is 2.66. The van der Waals surface area contributed by atoms with E-state index in [1.807, 2.05) is 20.8 Å². The number of amides is 1. The van der Waals surface area contributed by atoms with Crippen molar-refractivity contribution in [3.8, 4) is 0 Å². The minimum atomic E-state index is -0.824. The number of rotatable bonds is 5. The van der Waals surface area contributed by atoms with E-state index in [1.165, 1.54) is 5.57 Å². The number of carboxylic acid groups (broad SMARTS) is 1. The monoisotopic (exact) mass is 295 g/mol. The van der Waals surface area contributed by atoms with Gasteiger partial charge in [-0.15, -0.1) is 0 Å². The van der Waals surface area contributed by atoms with E-state index >= 15 is 0 Å². The molecular formula is C17H29NO3. The van der Waals surface area contributed by atoms with Crippen LogP contribution >= 0.6 is 0 Å². The quantitative estimate of drug-likeness (QED) is 0.765. The highest BCUT2D eigenvalue weighted by molar-refractivity contribution is 5.82. The Morgan fingerprint density at radius 2 is 2.05 bits per heavy atom. The molecule has 120 valence electrons. The normalized spacial score (nSPS) is 24.1. The van der Waals surface area contributed by atoms with E-state index in [-0.39, 0.29) is 12.5 Å². The maximum Gasteiger partial charge on any atom is 0.308 e. The SMILES string of the molecule is CC1=CCCC(C)C1CC(CNC(=O)C(C)(C)C)C(=O)O. The predicted molar refractivity (Wildman–Crippen MR) is 83.9 cm³/mol. The van der Waals surface area contributed by atoms with Crippen molar-refractivity contribution < 1.29 is 14.7 Å². The van der Waals surface area contributed by atoms with Crippen LogP contribution in [0.2, 0.25) is 0 Å². The van der Waals surface area contributed by atoms with Crippen LogP contribution in [0.25, 0.3) is 0 Å². The van der Waals surface area contributed by atoms with Crippen LogP contribution in [0.1, 0.15) is 53.9 Å². The summed E-state index contributed by atoms with van der Waals surface area (Å²) in [4.78, 5) is 23.4. The number of carbonyl (C=O) groups is 2. The van der Waals surface area contributed by atoms with Crippen molar-refractivity contribution >= 4 is 11.9 Å². The van der Waals surface area contributed by atoms with Gasteiger partial charge in [0, 0.05) is 12.0 Å². The highest BCUT2D eigenvalue weighted by Gasteiger charge is 2.30. The average molecular weight is 295 g/mol. The fourth-order valence-electron chi connectivity index (χ4n) is 2.85. The van der Waals surface area contributed by atoms with E-state index in [0.29, 0.717) is 18.3 Å². The molecule has 0 aromatic carbocycles. The van der Waals surface area contributed by atoms with Crippen LogP contribution in [0.15, 0.2) is 11.6 Å². The molecule has 0 radical (unpaired) electrons. The smallest absolute Gasteiger partial charge is 0.308 e. The van der Waals surface area contributed by atoms with Crippen molar-refractivity contribution in [2.45, 2.75) is 53.9 Å². The van der Waals surface area contributed by atoms with Crippen LogP contribution in [0.5, 0.6) is 0 Å². The van der Waals surface area contributed by atoms with Gasteiger partial charge in [0.15, 0.2) is 0 Å². The van der Waals surface area contributed by atoms with E-state index in [9.17, 15) is 14.7 Å². The van der Waals surface area contributed by atoms with Crippen LogP contribution in [-0.2, 0) is 9.59 Å². The maximum absolute atomic E-state index is 11.9. The molecule has 0 saturated heterocycles. The second-order valence-corrected chi connectivity index (χ2v) is 7.34. The van der Waals surface area contributed by atoms with Gasteiger partial charge < -0.3 is 10.4 Å². The number of carboxylic acids is 1. The van der Waals surface area contributed by atoms with Crippen molar-refractivity contribution in [1.82, 2.24) is 5.32 Å². The van der Waals surface area contributed by atoms with Gasteiger partial charge in [-0.1, -0.05) is 39.3 Å². The molecule has 0 saturated carbocycles. The first-order chi connectivity index (χ1) is 9.62. The topological polar surface area (TPSA) is 66.4 Å². The number of carbonyl (C=O) groups excluding carboxylic acids is 1. The maximum atomic E-state index is 11.9. The fourth-order valence-corrected chi connectivity index (χ4v) is 2.85. The molecular weight excluding hydrogens is 266 g/mol. The first-order valence-corrected chi connectivity index (χ1v) is 7.80. The Bertz CT molecular complexity index is 420. The largest absolute Gasteiger partial charge is 0.481 e. The minimum absolute atomic E-state index is 0.0993. The molecule has 0 fully saturated rings. The van der Waals surface area contributed by atoms with Gasteiger partial charge in [0.05, 0.1) is 5.92 Å². The molecule has 0 aliphatic heterocycles. The molecule has 1 rings (SSSR count). The predicted octanol–water partition coefficient (Wildman–Crippen LogP) is 3.23. The van der Waals surface area contributed by atoms with Crippen LogP contribution in [-0.4, -0.2) is 23.5 Å². The summed E-state index contributed by atoms with van der Waals surface area (Å²) in [5.41, 5.74) is 0.805. The summed E-state index contributed by atoms with van der Waals surface area (Å²) < 4.78 is 0. The second kappa shape index (κ2) is 7.10. The number of hydrogen-bond donors (Lipinski definition) is 2. The van der Waals surface area contributed by atoms with Gasteiger partial charge in [0.1, 0.15) is 0 Å². The summed E-state index contributed by atoms with van der Waals surface area (Å²) >= 11 is 0. The molecule has 3 atom stereocenters. The molecule has 0 heterocycles. The van der Waals surface area contributed by atoms with E-state index in [0.717, 1.165) is 12.8 Å². The third-order valence-electron chi connectivity index (χ3n) is 4.44. The summed E-state index contributed by atoms with van der Waals surface area (Å²) in [5.74, 6) is -0.626. The van der Waals surface area contributed by atoms with Gasteiger partial charge in [-0.2, -0.15) is 0 Å². The summed E-state index contributed by atoms with van der Waals surface area (Å²) in [7, 11) is 0. The number of nitrogens with one attached hydrogen (secondary N) is 1. The molecule has 3 unspecified atom stereocenters. The zero-order valence-corrected chi connectivity index (χ0v) is 13.9. The fraction of sp³-hybridized carbons (Fsp3) is 0.765. The Morgan fingerprint density at radius 3 is 2.52 bits per heavy atom. The number of aliphatic carboxylic acids is 1. The molecule has 0 aromatic rings. The Hall–Kier alpha value is -1.32. The molecule has 21 heavy (non-hydrogen) atoms. The van der Waals surface area contributed by atoms with E-state index in [4.69, 9.17) is 0 Å². The lowest BCUT2D eigenvalue weighted by Crippen LogP contribution is -2.40. The van der Waals surface area contributed by atoms with Gasteiger partial charge in [-0.05, 0) is 38.0 Å². The van der Waals surface area contributed by atoms with Gasteiger partial charge >= 0.3 is 5.97 Å². The van der Waals surface area contributed by atoms with Crippen molar-refractivity contribution in [3.63, 3.8) is 0 Å². The van der Waals surface area contributed by atoms with Gasteiger partial charge in [-0.3, -0.25) is 9.59 Å². The molecule has 0 aromatic heterocycles. The Labute approximate surface area is 128 Å². The van der Waals surface area contributed by atoms with Gasteiger partial charge in [0.2, 0.25) is 5.91 Å². The van der Waals surface area contributed by atoms with Crippen molar-refractivity contribution in [1.29, 1.82) is 0 Å². The Morgan fingerprint density at radius 1 is 1.43 bits per heavy atom. The molecule has 1 amide bonds. The number of allylic oxidation sites excluding steroid dienone is 2. The highest BCUT2D eigenvalue weighted by atomic mass is 16.4. The van der Waals surface area contributed by atoms with Crippen LogP contribution in [0.4, 0.5) is 0 Å². The molecule has 4 heteroatoms. The zero-order chi connectivity index (χ0) is 16.2. The lowest BCUT2D eigenvalue weighted by molar-refractivity contribution is -0.142. The second-order valence-electron chi connectivity index (χ2n) is 7.34. The Kier molecular flexibility index (Phi) is 5.99. The van der Waals surface area contributed by atoms with Crippen LogP contribution in [0.3, 0.4) is 0 Å². The minimum Gasteiger partial charge on any atom is -0.481 e. The van der Waals surface area contributed by atoms with Crippen molar-refractivity contribution in [3.05, 3.63) is 11.6 Å². The first-order valence-electron chi connectivity index (χ1n) is 7.80. The molecule has 4 nitrogen and oxygen atoms in total. The summed E-state index contributed by atoms with van der Waals surface area (Å²) in [6.07, 6.45) is 5.02. The standard InChI is InChI=1S/C17H29NO3/c1-11-7-6-8-12(2)14(11)9-13(15(19)20)10-18-16(21)17(3,4)5/h7,12-14H,6,8-10H2,1-5H3,(H,18,21)(H,19,20). The van der Waals surface area contributed by atoms with Crippen molar-refractivity contribution in [2.24, 2.45) is 23.2 Å². The average Bonchev–Trinajstić information content (AvgIpc) is 2.35. The van der Waals surface area contributed by atoms with Crippen LogP contribution < -0.4 is 5.32 Å². The number of hydrogen-bond acceptors (Lipinski definition) is 2. The zero-order valence-electron chi connectivity index (χ0n) is 13.9. The van der Waals surface area contributed by atoms with E-state index < -0.39 is 17.3 Å². The van der Waals surface area contributed by atoms with Crippen LogP contribution in [0, 0.1) is 23.2 Å².